The maximum atomic E-state index is 13.2. The van der Waals surface area contributed by atoms with E-state index >= 15 is 0 Å². The molecule has 1 aliphatic heterocycles. The Morgan fingerprint density at radius 1 is 1.21 bits per heavy atom. The zero-order chi connectivity index (χ0) is 20.6. The Hall–Kier alpha value is -1.82. The van der Waals surface area contributed by atoms with Gasteiger partial charge in [0.2, 0.25) is 11.8 Å². The van der Waals surface area contributed by atoms with E-state index < -0.39 is 5.54 Å². The van der Waals surface area contributed by atoms with Crippen molar-refractivity contribution in [3.05, 3.63) is 24.2 Å². The smallest absolute Gasteiger partial charge is 0.242 e. The van der Waals surface area contributed by atoms with Crippen LogP contribution < -0.4 is 0 Å². The molecule has 0 aromatic carbocycles. The van der Waals surface area contributed by atoms with E-state index in [9.17, 15) is 9.59 Å². The summed E-state index contributed by atoms with van der Waals surface area (Å²) in [7, 11) is 0. The van der Waals surface area contributed by atoms with Crippen molar-refractivity contribution in [1.82, 2.24) is 9.80 Å². The first kappa shape index (κ1) is 22.5. The molecule has 0 radical (unpaired) electrons. The summed E-state index contributed by atoms with van der Waals surface area (Å²) in [5.41, 5.74) is -0.404. The molecule has 0 bridgehead atoms. The maximum Gasteiger partial charge on any atom is 0.242 e. The summed E-state index contributed by atoms with van der Waals surface area (Å²) in [5.74, 6) is 0.720. The molecule has 1 atom stereocenters. The first-order valence-corrected chi connectivity index (χ1v) is 10.5. The number of hydrogen-bond acceptors (Lipinski definition) is 4. The molecule has 1 fully saturated rings. The Bertz CT molecular complexity index is 601. The highest BCUT2D eigenvalue weighted by Crippen LogP contribution is 2.19. The van der Waals surface area contributed by atoms with Crippen LogP contribution in [0.1, 0.15) is 72.0 Å². The second-order valence-electron chi connectivity index (χ2n) is 8.60. The summed E-state index contributed by atoms with van der Waals surface area (Å²) in [5, 5.41) is 0. The molecule has 1 aromatic heterocycles. The third kappa shape index (κ3) is 6.97. The third-order valence-corrected chi connectivity index (χ3v) is 5.13. The highest BCUT2D eigenvalue weighted by atomic mass is 16.5. The Balaban J connectivity index is 2.07. The molecule has 158 valence electrons. The molecule has 28 heavy (non-hydrogen) atoms. The Kier molecular flexibility index (Phi) is 8.55. The predicted octanol–water partition coefficient (Wildman–Crippen LogP) is 3.99. The van der Waals surface area contributed by atoms with Crippen LogP contribution in [0.2, 0.25) is 0 Å². The maximum absolute atomic E-state index is 13.2. The van der Waals surface area contributed by atoms with E-state index in [-0.39, 0.29) is 24.5 Å². The molecular formula is C22H36N2O4. The number of ether oxygens (including phenoxy) is 1. The highest BCUT2D eigenvalue weighted by Gasteiger charge is 2.31. The van der Waals surface area contributed by atoms with Crippen LogP contribution in [-0.4, -0.2) is 53.0 Å². The van der Waals surface area contributed by atoms with E-state index in [4.69, 9.17) is 9.15 Å². The number of carbonyl (C=O) groups excluding carboxylic acids is 2. The molecule has 0 N–H and O–H groups in total. The van der Waals surface area contributed by atoms with Gasteiger partial charge in [-0.3, -0.25) is 9.59 Å². The third-order valence-electron chi connectivity index (χ3n) is 5.13. The van der Waals surface area contributed by atoms with E-state index in [1.807, 2.05) is 32.9 Å². The van der Waals surface area contributed by atoms with Crippen LogP contribution in [0.5, 0.6) is 0 Å². The number of amides is 2. The van der Waals surface area contributed by atoms with Gasteiger partial charge in [-0.1, -0.05) is 19.8 Å². The Morgan fingerprint density at radius 2 is 2.00 bits per heavy atom. The first-order valence-electron chi connectivity index (χ1n) is 10.5. The predicted molar refractivity (Wildman–Crippen MR) is 109 cm³/mol. The number of carbonyl (C=O) groups is 2. The number of unbranched alkanes of at least 4 members (excludes halogenated alkanes) is 2. The van der Waals surface area contributed by atoms with Crippen molar-refractivity contribution in [3.63, 3.8) is 0 Å². The van der Waals surface area contributed by atoms with Crippen molar-refractivity contribution in [2.75, 3.05) is 19.7 Å². The van der Waals surface area contributed by atoms with Gasteiger partial charge in [0.1, 0.15) is 12.3 Å². The molecule has 2 amide bonds. The van der Waals surface area contributed by atoms with Crippen LogP contribution in [0.3, 0.4) is 0 Å². The minimum Gasteiger partial charge on any atom is -0.467 e. The zero-order valence-electron chi connectivity index (χ0n) is 17.9. The first-order chi connectivity index (χ1) is 13.3. The minimum atomic E-state index is -0.404. The SMILES string of the molecule is CCCCCC(=O)N(CC(=O)N(Cc1ccco1)C[C@@H]1CCCO1)C(C)(C)C. The van der Waals surface area contributed by atoms with Gasteiger partial charge in [-0.15, -0.1) is 0 Å². The Morgan fingerprint density at radius 3 is 2.57 bits per heavy atom. The van der Waals surface area contributed by atoms with Gasteiger partial charge in [-0.05, 0) is 52.2 Å². The largest absolute Gasteiger partial charge is 0.467 e. The molecule has 6 heteroatoms. The summed E-state index contributed by atoms with van der Waals surface area (Å²) in [4.78, 5) is 29.5. The van der Waals surface area contributed by atoms with Crippen molar-refractivity contribution in [1.29, 1.82) is 0 Å². The molecule has 1 aromatic rings. The van der Waals surface area contributed by atoms with Gasteiger partial charge in [-0.25, -0.2) is 0 Å². The van der Waals surface area contributed by atoms with Gasteiger partial charge < -0.3 is 19.0 Å². The number of furan rings is 1. The molecule has 1 saturated heterocycles. The van der Waals surface area contributed by atoms with Gasteiger partial charge >= 0.3 is 0 Å². The fourth-order valence-electron chi connectivity index (χ4n) is 3.48. The fourth-order valence-corrected chi connectivity index (χ4v) is 3.48. The van der Waals surface area contributed by atoms with E-state index in [0.29, 0.717) is 19.5 Å². The Labute approximate surface area is 169 Å². The standard InChI is InChI=1S/C22H36N2O4/c1-5-6-7-12-20(25)24(22(2,3)4)17-21(26)23(15-18-10-8-13-27-18)16-19-11-9-14-28-19/h8,10,13,19H,5-7,9,11-12,14-17H2,1-4H3/t19-/m0/s1. The van der Waals surface area contributed by atoms with Crippen molar-refractivity contribution in [2.24, 2.45) is 0 Å². The van der Waals surface area contributed by atoms with Crippen molar-refractivity contribution in [2.45, 2.75) is 84.4 Å². The molecule has 0 aliphatic carbocycles. The van der Waals surface area contributed by atoms with Gasteiger partial charge in [0, 0.05) is 25.1 Å². The van der Waals surface area contributed by atoms with Gasteiger partial charge in [-0.2, -0.15) is 0 Å². The van der Waals surface area contributed by atoms with Crippen LogP contribution in [0.15, 0.2) is 22.8 Å². The fraction of sp³-hybridized carbons (Fsp3) is 0.727. The lowest BCUT2D eigenvalue weighted by Crippen LogP contribution is -2.51. The molecule has 6 nitrogen and oxygen atoms in total. The molecular weight excluding hydrogens is 356 g/mol. The second-order valence-corrected chi connectivity index (χ2v) is 8.60. The number of rotatable bonds is 10. The van der Waals surface area contributed by atoms with Crippen molar-refractivity contribution in [3.8, 4) is 0 Å². The molecule has 1 aliphatic rings. The topological polar surface area (TPSA) is 63.0 Å². The monoisotopic (exact) mass is 392 g/mol. The van der Waals surface area contributed by atoms with E-state index in [0.717, 1.165) is 44.5 Å². The van der Waals surface area contributed by atoms with Crippen LogP contribution in [-0.2, 0) is 20.9 Å². The van der Waals surface area contributed by atoms with Crippen LogP contribution in [0, 0.1) is 0 Å². The number of nitrogens with zero attached hydrogens (tertiary/aromatic N) is 2. The lowest BCUT2D eigenvalue weighted by atomic mass is 10.0. The molecule has 2 heterocycles. The summed E-state index contributed by atoms with van der Waals surface area (Å²) in [6.45, 7) is 9.82. The van der Waals surface area contributed by atoms with E-state index in [1.165, 1.54) is 0 Å². The molecule has 2 rings (SSSR count). The highest BCUT2D eigenvalue weighted by molar-refractivity contribution is 5.85. The van der Waals surface area contributed by atoms with Gasteiger partial charge in [0.25, 0.3) is 0 Å². The minimum absolute atomic E-state index is 0.0457. The average Bonchev–Trinajstić information content (AvgIpc) is 3.32. The summed E-state index contributed by atoms with van der Waals surface area (Å²) in [6.07, 6.45) is 7.11. The summed E-state index contributed by atoms with van der Waals surface area (Å²) < 4.78 is 11.2. The van der Waals surface area contributed by atoms with Gasteiger partial charge in [0.15, 0.2) is 0 Å². The molecule has 0 spiro atoms. The lowest BCUT2D eigenvalue weighted by Gasteiger charge is -2.37. The summed E-state index contributed by atoms with van der Waals surface area (Å²) in [6, 6.07) is 3.69. The lowest BCUT2D eigenvalue weighted by molar-refractivity contribution is -0.146. The quantitative estimate of drug-likeness (QED) is 0.565. The van der Waals surface area contributed by atoms with Crippen LogP contribution in [0.25, 0.3) is 0 Å². The van der Waals surface area contributed by atoms with E-state index in [2.05, 4.69) is 6.92 Å². The van der Waals surface area contributed by atoms with E-state index in [1.54, 1.807) is 16.1 Å². The van der Waals surface area contributed by atoms with Crippen molar-refractivity contribution >= 4 is 11.8 Å². The van der Waals surface area contributed by atoms with Crippen LogP contribution in [0.4, 0.5) is 0 Å². The second kappa shape index (κ2) is 10.6. The van der Waals surface area contributed by atoms with Crippen molar-refractivity contribution < 1.29 is 18.7 Å². The molecule has 0 saturated carbocycles. The summed E-state index contributed by atoms with van der Waals surface area (Å²) >= 11 is 0. The molecule has 0 unspecified atom stereocenters. The van der Waals surface area contributed by atoms with Crippen LogP contribution >= 0.6 is 0 Å². The number of hydrogen-bond donors (Lipinski definition) is 0. The zero-order valence-corrected chi connectivity index (χ0v) is 17.9. The average molecular weight is 393 g/mol. The van der Waals surface area contributed by atoms with Gasteiger partial charge in [0.05, 0.1) is 18.9 Å². The normalized spacial score (nSPS) is 16.9.